The van der Waals surface area contributed by atoms with Gasteiger partial charge in [-0.2, -0.15) is 0 Å². The minimum Gasteiger partial charge on any atom is -0.479 e. The van der Waals surface area contributed by atoms with Crippen molar-refractivity contribution in [2.75, 3.05) is 13.1 Å². The number of carboxylic acid groups (broad SMARTS) is 1. The van der Waals surface area contributed by atoms with Gasteiger partial charge in [0.2, 0.25) is 5.91 Å². The Hall–Kier alpha value is -1.67. The highest BCUT2D eigenvalue weighted by molar-refractivity contribution is 5.95. The molecule has 0 bridgehead atoms. The Labute approximate surface area is 129 Å². The van der Waals surface area contributed by atoms with Crippen molar-refractivity contribution in [3.05, 3.63) is 0 Å². The van der Waals surface area contributed by atoms with Crippen LogP contribution in [0.1, 0.15) is 33.1 Å². The summed E-state index contributed by atoms with van der Waals surface area (Å²) in [5.74, 6) is -1.80. The van der Waals surface area contributed by atoms with Gasteiger partial charge in [0, 0.05) is 6.54 Å². The summed E-state index contributed by atoms with van der Waals surface area (Å²) in [6.07, 6.45) is -0.0434. The van der Waals surface area contributed by atoms with Gasteiger partial charge < -0.3 is 26.2 Å². The monoisotopic (exact) mass is 315 g/mol. The summed E-state index contributed by atoms with van der Waals surface area (Å²) in [5.41, 5.74) is 5.38. The van der Waals surface area contributed by atoms with Gasteiger partial charge in [0.05, 0.1) is 0 Å². The lowest BCUT2D eigenvalue weighted by Crippen LogP contribution is -2.49. The summed E-state index contributed by atoms with van der Waals surface area (Å²) in [6.45, 7) is 4.94. The maximum atomic E-state index is 12.1. The molecule has 22 heavy (non-hydrogen) atoms. The van der Waals surface area contributed by atoms with Crippen molar-refractivity contribution >= 4 is 17.8 Å². The molecule has 3 atom stereocenters. The summed E-state index contributed by atoms with van der Waals surface area (Å²) in [7, 11) is 0. The number of carboxylic acids is 1. The lowest BCUT2D eigenvalue weighted by molar-refractivity contribution is -0.138. The third kappa shape index (κ3) is 5.98. The number of amides is 2. The molecule has 1 saturated heterocycles. The maximum absolute atomic E-state index is 12.1. The Balaban J connectivity index is 2.48. The molecule has 1 rings (SSSR count). The van der Waals surface area contributed by atoms with Gasteiger partial charge in [-0.3, -0.25) is 9.59 Å². The Morgan fingerprint density at radius 2 is 1.91 bits per heavy atom. The van der Waals surface area contributed by atoms with Crippen molar-refractivity contribution in [2.24, 2.45) is 11.7 Å². The number of nitrogens with one attached hydrogen (secondary N) is 2. The average molecular weight is 315 g/mol. The van der Waals surface area contributed by atoms with E-state index in [2.05, 4.69) is 10.6 Å². The molecule has 0 aromatic carbocycles. The molecule has 0 radical (unpaired) electrons. The van der Waals surface area contributed by atoms with E-state index in [-0.39, 0.29) is 11.8 Å². The zero-order valence-corrected chi connectivity index (χ0v) is 13.0. The summed E-state index contributed by atoms with van der Waals surface area (Å²) in [4.78, 5) is 34.7. The van der Waals surface area contributed by atoms with E-state index in [1.165, 1.54) is 0 Å². The second kappa shape index (κ2) is 8.70. The van der Waals surface area contributed by atoms with Gasteiger partial charge in [0.25, 0.3) is 5.91 Å². The molecular weight excluding hydrogens is 290 g/mol. The predicted octanol–water partition coefficient (Wildman–Crippen LogP) is -0.776. The highest BCUT2D eigenvalue weighted by atomic mass is 16.6. The van der Waals surface area contributed by atoms with Crippen LogP contribution in [0.5, 0.6) is 0 Å². The molecule has 1 fully saturated rings. The van der Waals surface area contributed by atoms with Gasteiger partial charge in [-0.15, -0.1) is 0 Å². The largest absolute Gasteiger partial charge is 0.479 e. The van der Waals surface area contributed by atoms with Gasteiger partial charge in [-0.05, 0) is 31.7 Å². The number of hydrogen-bond donors (Lipinski definition) is 4. The molecule has 1 aliphatic heterocycles. The van der Waals surface area contributed by atoms with Gasteiger partial charge in [-0.25, -0.2) is 4.79 Å². The first-order chi connectivity index (χ1) is 10.4. The molecule has 1 heterocycles. The normalized spacial score (nSPS) is 21.3. The fourth-order valence-corrected chi connectivity index (χ4v) is 2.06. The van der Waals surface area contributed by atoms with E-state index in [1.807, 2.05) is 13.8 Å². The van der Waals surface area contributed by atoms with Gasteiger partial charge >= 0.3 is 5.97 Å². The zero-order valence-electron chi connectivity index (χ0n) is 13.0. The molecule has 0 unspecified atom stereocenters. The fraction of sp³-hybridized carbons (Fsp3) is 0.786. The Morgan fingerprint density at radius 1 is 1.23 bits per heavy atom. The fourth-order valence-electron chi connectivity index (χ4n) is 2.06. The number of epoxide rings is 1. The summed E-state index contributed by atoms with van der Waals surface area (Å²) < 4.78 is 4.78. The number of carbonyl (C=O) groups is 3. The topological polar surface area (TPSA) is 134 Å². The second-order valence-electron chi connectivity index (χ2n) is 5.79. The van der Waals surface area contributed by atoms with Crippen LogP contribution in [0.15, 0.2) is 0 Å². The van der Waals surface area contributed by atoms with E-state index in [1.54, 1.807) is 0 Å². The summed E-state index contributed by atoms with van der Waals surface area (Å²) in [6, 6.07) is -0.691. The maximum Gasteiger partial charge on any atom is 0.336 e. The van der Waals surface area contributed by atoms with E-state index in [0.717, 1.165) is 12.8 Å². The van der Waals surface area contributed by atoms with Crippen LogP contribution in [0.2, 0.25) is 0 Å². The number of hydrogen-bond acceptors (Lipinski definition) is 5. The molecule has 8 nitrogen and oxygen atoms in total. The van der Waals surface area contributed by atoms with Crippen LogP contribution in [0.3, 0.4) is 0 Å². The standard InChI is InChI=1S/C14H25N3O5/c1-8(2)7-9(12(18)16-6-4-3-5-15)17-13(19)10-11(22-10)14(20)21/h8-11H,3-7,15H2,1-2H3,(H,16,18)(H,17,19)(H,20,21)/t9-,10-,11-/m1/s1. The quantitative estimate of drug-likeness (QED) is 0.309. The minimum atomic E-state index is -1.17. The molecular formula is C14H25N3O5. The van der Waals surface area contributed by atoms with Crippen molar-refractivity contribution in [2.45, 2.75) is 51.4 Å². The number of nitrogens with two attached hydrogens (primary N) is 1. The molecule has 0 spiro atoms. The molecule has 2 amide bonds. The predicted molar refractivity (Wildman–Crippen MR) is 79.0 cm³/mol. The Kier molecular flexibility index (Phi) is 7.26. The lowest BCUT2D eigenvalue weighted by atomic mass is 10.0. The van der Waals surface area contributed by atoms with Crippen LogP contribution < -0.4 is 16.4 Å². The van der Waals surface area contributed by atoms with Crippen molar-refractivity contribution in [1.29, 1.82) is 0 Å². The van der Waals surface area contributed by atoms with E-state index in [0.29, 0.717) is 19.5 Å². The van der Waals surface area contributed by atoms with Crippen LogP contribution >= 0.6 is 0 Å². The Morgan fingerprint density at radius 3 is 2.41 bits per heavy atom. The average Bonchev–Trinajstić information content (AvgIpc) is 3.22. The van der Waals surface area contributed by atoms with Crippen molar-refractivity contribution in [3.63, 3.8) is 0 Å². The van der Waals surface area contributed by atoms with Crippen LogP contribution in [0, 0.1) is 5.92 Å². The van der Waals surface area contributed by atoms with Crippen LogP contribution in [0.25, 0.3) is 0 Å². The number of rotatable bonds is 10. The smallest absolute Gasteiger partial charge is 0.336 e. The molecule has 0 aromatic heterocycles. The third-order valence-electron chi connectivity index (χ3n) is 3.26. The second-order valence-corrected chi connectivity index (χ2v) is 5.79. The first kappa shape index (κ1) is 18.4. The highest BCUT2D eigenvalue weighted by Gasteiger charge is 2.51. The first-order valence-electron chi connectivity index (χ1n) is 7.53. The molecule has 0 aliphatic carbocycles. The third-order valence-corrected chi connectivity index (χ3v) is 3.26. The lowest BCUT2D eigenvalue weighted by Gasteiger charge is -2.19. The van der Waals surface area contributed by atoms with Crippen molar-refractivity contribution < 1.29 is 24.2 Å². The summed E-state index contributed by atoms with van der Waals surface area (Å²) >= 11 is 0. The van der Waals surface area contributed by atoms with Crippen molar-refractivity contribution in [1.82, 2.24) is 10.6 Å². The van der Waals surface area contributed by atoms with Gasteiger partial charge in [0.1, 0.15) is 6.04 Å². The van der Waals surface area contributed by atoms with E-state index >= 15 is 0 Å². The first-order valence-corrected chi connectivity index (χ1v) is 7.53. The zero-order chi connectivity index (χ0) is 16.7. The van der Waals surface area contributed by atoms with E-state index in [9.17, 15) is 14.4 Å². The SMILES string of the molecule is CC(C)C[C@@H](NC(=O)[C@@H]1O[C@H]1C(=O)O)C(=O)NCCCCN. The molecule has 8 heteroatoms. The van der Waals surface area contributed by atoms with Crippen LogP contribution in [-0.2, 0) is 19.1 Å². The van der Waals surface area contributed by atoms with Crippen LogP contribution in [-0.4, -0.2) is 54.2 Å². The molecule has 0 aromatic rings. The Bertz CT molecular complexity index is 413. The molecule has 0 saturated carbocycles. The highest BCUT2D eigenvalue weighted by Crippen LogP contribution is 2.22. The summed E-state index contributed by atoms with van der Waals surface area (Å²) in [5, 5.41) is 14.1. The number of unbranched alkanes of at least 4 members (excludes halogenated alkanes) is 1. The number of ether oxygens (including phenoxy) is 1. The molecule has 1 aliphatic rings. The van der Waals surface area contributed by atoms with Gasteiger partial charge in [0.15, 0.2) is 12.2 Å². The number of aliphatic carboxylic acids is 1. The van der Waals surface area contributed by atoms with Crippen LogP contribution in [0.4, 0.5) is 0 Å². The molecule has 5 N–H and O–H groups in total. The number of carbonyl (C=O) groups excluding carboxylic acids is 2. The minimum absolute atomic E-state index is 0.204. The van der Waals surface area contributed by atoms with E-state index < -0.39 is 30.1 Å². The molecule has 126 valence electrons. The van der Waals surface area contributed by atoms with Gasteiger partial charge in [-0.1, -0.05) is 13.8 Å². The van der Waals surface area contributed by atoms with Crippen molar-refractivity contribution in [3.8, 4) is 0 Å². The van der Waals surface area contributed by atoms with E-state index in [4.69, 9.17) is 15.6 Å².